The van der Waals surface area contributed by atoms with Gasteiger partial charge in [-0.2, -0.15) is 0 Å². The van der Waals surface area contributed by atoms with Gasteiger partial charge in [-0.1, -0.05) is 55.0 Å². The first-order chi connectivity index (χ1) is 16.2. The predicted octanol–water partition coefficient (Wildman–Crippen LogP) is 4.45. The number of ether oxygens (including phenoxy) is 1. The second-order valence-electron chi connectivity index (χ2n) is 9.88. The summed E-state index contributed by atoms with van der Waals surface area (Å²) in [5.74, 6) is -1.42. The Balaban J connectivity index is 1.34. The predicted molar refractivity (Wildman–Crippen MR) is 128 cm³/mol. The third-order valence-electron chi connectivity index (χ3n) is 6.93. The summed E-state index contributed by atoms with van der Waals surface area (Å²) in [5.41, 5.74) is 4.01. The van der Waals surface area contributed by atoms with Gasteiger partial charge in [-0.15, -0.1) is 0 Å². The number of carboxylic acid groups (broad SMARTS) is 1. The normalized spacial score (nSPS) is 19.2. The summed E-state index contributed by atoms with van der Waals surface area (Å²) in [6.45, 7) is 3.86. The van der Waals surface area contributed by atoms with Gasteiger partial charge in [0.2, 0.25) is 5.91 Å². The van der Waals surface area contributed by atoms with Crippen molar-refractivity contribution < 1.29 is 24.2 Å². The molecule has 2 aromatic rings. The van der Waals surface area contributed by atoms with Crippen molar-refractivity contribution >= 4 is 18.0 Å². The molecule has 0 spiro atoms. The van der Waals surface area contributed by atoms with E-state index >= 15 is 0 Å². The topological polar surface area (TPSA) is 105 Å². The summed E-state index contributed by atoms with van der Waals surface area (Å²) < 4.78 is 5.65. The van der Waals surface area contributed by atoms with Crippen LogP contribution >= 0.6 is 0 Å². The summed E-state index contributed by atoms with van der Waals surface area (Å²) in [5, 5.41) is 14.8. The van der Waals surface area contributed by atoms with Crippen molar-refractivity contribution in [3.8, 4) is 11.1 Å². The monoisotopic (exact) mass is 464 g/mol. The highest BCUT2D eigenvalue weighted by Gasteiger charge is 2.37. The molecule has 7 heteroatoms. The number of fused-ring (bicyclic) bond motifs is 3. The van der Waals surface area contributed by atoms with Crippen molar-refractivity contribution in [2.75, 3.05) is 6.61 Å². The average molecular weight is 465 g/mol. The number of nitrogens with one attached hydrogen (secondary N) is 2. The molecule has 0 aromatic heterocycles. The maximum Gasteiger partial charge on any atom is 0.407 e. The van der Waals surface area contributed by atoms with Crippen LogP contribution in [0.2, 0.25) is 0 Å². The number of carbonyl (C=O) groups excluding carboxylic acids is 2. The fourth-order valence-electron chi connectivity index (χ4n) is 5.15. The Hall–Kier alpha value is -3.35. The van der Waals surface area contributed by atoms with E-state index in [-0.39, 0.29) is 36.8 Å². The smallest absolute Gasteiger partial charge is 0.407 e. The zero-order valence-electron chi connectivity index (χ0n) is 19.7. The highest BCUT2D eigenvalue weighted by Crippen LogP contribution is 2.44. The molecule has 2 aromatic carbocycles. The van der Waals surface area contributed by atoms with Gasteiger partial charge in [0.1, 0.15) is 6.61 Å². The lowest BCUT2D eigenvalue weighted by molar-refractivity contribution is -0.138. The molecule has 3 N–H and O–H groups in total. The van der Waals surface area contributed by atoms with Gasteiger partial charge < -0.3 is 20.5 Å². The van der Waals surface area contributed by atoms with Crippen LogP contribution in [0.15, 0.2) is 48.5 Å². The van der Waals surface area contributed by atoms with Crippen LogP contribution in [-0.2, 0) is 14.3 Å². The highest BCUT2D eigenvalue weighted by atomic mass is 16.5. The number of amides is 2. The van der Waals surface area contributed by atoms with E-state index in [9.17, 15) is 14.4 Å². The van der Waals surface area contributed by atoms with Crippen molar-refractivity contribution in [2.24, 2.45) is 5.92 Å². The number of hydrogen-bond donors (Lipinski definition) is 3. The van der Waals surface area contributed by atoms with Crippen LogP contribution in [-0.4, -0.2) is 41.3 Å². The quantitative estimate of drug-likeness (QED) is 0.535. The number of carboxylic acids is 1. The maximum absolute atomic E-state index is 12.9. The molecule has 1 fully saturated rings. The van der Waals surface area contributed by atoms with Crippen molar-refractivity contribution in [1.29, 1.82) is 0 Å². The average Bonchev–Trinajstić information content (AvgIpc) is 3.39. The number of alkyl carbamates (subject to hydrolysis) is 1. The standard InChI is InChI=1S/C27H32N2O5/c1-27(2,15-14-24(30)31)29-25(32)21-12-7-13-23(21)28-26(33)34-16-22-19-10-5-3-8-17(19)18-9-4-6-11-20(18)22/h3-6,8-11,21-23H,7,12-16H2,1-2H3,(H,28,33)(H,29,32)(H,30,31). The lowest BCUT2D eigenvalue weighted by Crippen LogP contribution is -2.50. The minimum absolute atomic E-state index is 0.0145. The van der Waals surface area contributed by atoms with Crippen LogP contribution in [0, 0.1) is 5.92 Å². The van der Waals surface area contributed by atoms with Crippen molar-refractivity contribution in [3.05, 3.63) is 59.7 Å². The van der Waals surface area contributed by atoms with Crippen LogP contribution in [0.3, 0.4) is 0 Å². The largest absolute Gasteiger partial charge is 0.481 e. The molecule has 0 heterocycles. The van der Waals surface area contributed by atoms with Crippen LogP contribution < -0.4 is 10.6 Å². The van der Waals surface area contributed by atoms with Gasteiger partial charge in [0, 0.05) is 23.9 Å². The van der Waals surface area contributed by atoms with Gasteiger partial charge in [-0.05, 0) is 55.4 Å². The third-order valence-corrected chi connectivity index (χ3v) is 6.93. The molecule has 0 aliphatic heterocycles. The van der Waals surface area contributed by atoms with Crippen LogP contribution in [0.25, 0.3) is 11.1 Å². The Bertz CT molecular complexity index is 1030. The molecule has 34 heavy (non-hydrogen) atoms. The Kier molecular flexibility index (Phi) is 6.91. The molecule has 2 unspecified atom stereocenters. The molecular weight excluding hydrogens is 432 g/mol. The molecule has 0 saturated heterocycles. The van der Waals surface area contributed by atoms with E-state index in [1.54, 1.807) is 0 Å². The fraction of sp³-hybridized carbons (Fsp3) is 0.444. The first-order valence-corrected chi connectivity index (χ1v) is 11.9. The number of aliphatic carboxylic acids is 1. The molecule has 2 aliphatic rings. The summed E-state index contributed by atoms with van der Waals surface area (Å²) in [6.07, 6.45) is 2.02. The molecule has 2 atom stereocenters. The molecule has 0 radical (unpaired) electrons. The summed E-state index contributed by atoms with van der Waals surface area (Å²) >= 11 is 0. The first kappa shape index (κ1) is 23.8. The van der Waals surface area contributed by atoms with Gasteiger partial charge in [-0.3, -0.25) is 9.59 Å². The second kappa shape index (κ2) is 9.87. The summed E-state index contributed by atoms with van der Waals surface area (Å²) in [6, 6.07) is 16.1. The molecule has 2 aliphatic carbocycles. The number of rotatable bonds is 8. The molecule has 2 amide bonds. The van der Waals surface area contributed by atoms with Crippen molar-refractivity contribution in [3.63, 3.8) is 0 Å². The van der Waals surface area contributed by atoms with Gasteiger partial charge in [0.25, 0.3) is 0 Å². The van der Waals surface area contributed by atoms with Gasteiger partial charge >= 0.3 is 12.1 Å². The van der Waals surface area contributed by atoms with Crippen LogP contribution in [0.4, 0.5) is 4.79 Å². The van der Waals surface area contributed by atoms with Gasteiger partial charge in [-0.25, -0.2) is 4.79 Å². The number of benzene rings is 2. The van der Waals surface area contributed by atoms with Crippen LogP contribution in [0.1, 0.15) is 63.0 Å². The minimum atomic E-state index is -0.891. The van der Waals surface area contributed by atoms with Gasteiger partial charge in [0.05, 0.1) is 5.92 Å². The Morgan fingerprint density at radius 1 is 1.00 bits per heavy atom. The third kappa shape index (κ3) is 5.24. The highest BCUT2D eigenvalue weighted by molar-refractivity contribution is 5.82. The molecular formula is C27H32N2O5. The molecule has 0 bridgehead atoms. The summed E-state index contributed by atoms with van der Waals surface area (Å²) in [7, 11) is 0. The first-order valence-electron chi connectivity index (χ1n) is 11.9. The van der Waals surface area contributed by atoms with E-state index in [1.165, 1.54) is 11.1 Å². The molecule has 4 rings (SSSR count). The molecule has 7 nitrogen and oxygen atoms in total. The minimum Gasteiger partial charge on any atom is -0.481 e. The van der Waals surface area contributed by atoms with E-state index in [0.717, 1.165) is 17.5 Å². The fourth-order valence-corrected chi connectivity index (χ4v) is 5.15. The van der Waals surface area contributed by atoms with E-state index in [1.807, 2.05) is 38.1 Å². The van der Waals surface area contributed by atoms with Crippen molar-refractivity contribution in [1.82, 2.24) is 10.6 Å². The number of hydrogen-bond acceptors (Lipinski definition) is 4. The zero-order valence-corrected chi connectivity index (χ0v) is 19.7. The molecule has 1 saturated carbocycles. The lowest BCUT2D eigenvalue weighted by Gasteiger charge is -2.29. The van der Waals surface area contributed by atoms with E-state index < -0.39 is 17.6 Å². The maximum atomic E-state index is 12.9. The van der Waals surface area contributed by atoms with Crippen LogP contribution in [0.5, 0.6) is 0 Å². The van der Waals surface area contributed by atoms with E-state index in [2.05, 4.69) is 34.9 Å². The van der Waals surface area contributed by atoms with Crippen molar-refractivity contribution in [2.45, 2.75) is 63.5 Å². The van der Waals surface area contributed by atoms with E-state index in [4.69, 9.17) is 9.84 Å². The Morgan fingerprint density at radius 3 is 2.24 bits per heavy atom. The Labute approximate surface area is 199 Å². The molecule has 180 valence electrons. The Morgan fingerprint density at radius 2 is 1.62 bits per heavy atom. The lowest BCUT2D eigenvalue weighted by atomic mass is 9.95. The zero-order chi connectivity index (χ0) is 24.3. The number of carbonyl (C=O) groups is 3. The SMILES string of the molecule is CC(C)(CCC(=O)O)NC(=O)C1CCCC1NC(=O)OCC1c2ccccc2-c2ccccc21. The second-order valence-corrected chi connectivity index (χ2v) is 9.88. The summed E-state index contributed by atoms with van der Waals surface area (Å²) in [4.78, 5) is 36.4. The van der Waals surface area contributed by atoms with Gasteiger partial charge in [0.15, 0.2) is 0 Å². The van der Waals surface area contributed by atoms with E-state index in [0.29, 0.717) is 19.3 Å².